The van der Waals surface area contributed by atoms with Gasteiger partial charge in [0.25, 0.3) is 0 Å². The fraction of sp³-hybridized carbons (Fsp3) is 0.647. The minimum absolute atomic E-state index is 0.135. The number of piperidine rings is 1. The summed E-state index contributed by atoms with van der Waals surface area (Å²) in [6, 6.07) is 5.75. The minimum Gasteiger partial charge on any atom is -0.314 e. The van der Waals surface area contributed by atoms with E-state index >= 15 is 0 Å². The maximum Gasteiger partial charge on any atom is 0.123 e. The highest BCUT2D eigenvalue weighted by Crippen LogP contribution is 2.22. The van der Waals surface area contributed by atoms with E-state index in [9.17, 15) is 4.39 Å². The van der Waals surface area contributed by atoms with Crippen molar-refractivity contribution in [3.05, 3.63) is 35.1 Å². The Bertz CT molecular complexity index is 425. The van der Waals surface area contributed by atoms with Gasteiger partial charge in [0, 0.05) is 12.6 Å². The van der Waals surface area contributed by atoms with Crippen LogP contribution in [0.4, 0.5) is 4.39 Å². The van der Waals surface area contributed by atoms with Crippen LogP contribution >= 0.6 is 0 Å². The molecule has 112 valence electrons. The number of rotatable bonds is 5. The predicted molar refractivity (Wildman–Crippen MR) is 82.3 cm³/mol. The summed E-state index contributed by atoms with van der Waals surface area (Å²) in [7, 11) is 0. The smallest absolute Gasteiger partial charge is 0.123 e. The Morgan fingerprint density at radius 2 is 2.05 bits per heavy atom. The summed E-state index contributed by atoms with van der Waals surface area (Å²) >= 11 is 0. The minimum atomic E-state index is -0.135. The first kappa shape index (κ1) is 15.5. The van der Waals surface area contributed by atoms with Crippen molar-refractivity contribution in [1.82, 2.24) is 10.2 Å². The van der Waals surface area contributed by atoms with E-state index in [2.05, 4.69) is 24.1 Å². The zero-order chi connectivity index (χ0) is 14.5. The quantitative estimate of drug-likeness (QED) is 0.888. The molecule has 1 atom stereocenters. The lowest BCUT2D eigenvalue weighted by Gasteiger charge is -2.35. The molecule has 1 unspecified atom stereocenters. The molecule has 1 N–H and O–H groups in total. The Hall–Kier alpha value is -0.930. The van der Waals surface area contributed by atoms with Crippen molar-refractivity contribution in [3.8, 4) is 0 Å². The number of nitrogens with one attached hydrogen (secondary N) is 1. The standard InChI is InChI=1S/C17H27FN2/c1-4-19-14(3)15-7-9-20(10-8-15)12-16-5-6-17(18)11-13(16)2/h5-6,11,14-15,19H,4,7-10,12H2,1-3H3. The zero-order valence-corrected chi connectivity index (χ0v) is 13.0. The second-order valence-electron chi connectivity index (χ2n) is 6.03. The van der Waals surface area contributed by atoms with E-state index in [1.54, 1.807) is 12.1 Å². The lowest BCUT2D eigenvalue weighted by atomic mass is 9.90. The van der Waals surface area contributed by atoms with Crippen molar-refractivity contribution >= 4 is 0 Å². The average Bonchev–Trinajstić information content (AvgIpc) is 2.43. The Morgan fingerprint density at radius 1 is 1.35 bits per heavy atom. The van der Waals surface area contributed by atoms with Gasteiger partial charge in [0.05, 0.1) is 0 Å². The van der Waals surface area contributed by atoms with Gasteiger partial charge in [0.1, 0.15) is 5.82 Å². The summed E-state index contributed by atoms with van der Waals surface area (Å²) in [5.74, 6) is 0.657. The molecule has 0 amide bonds. The fourth-order valence-corrected chi connectivity index (χ4v) is 3.18. The third-order valence-corrected chi connectivity index (χ3v) is 4.56. The first-order valence-electron chi connectivity index (χ1n) is 7.81. The number of hydrogen-bond acceptors (Lipinski definition) is 2. The van der Waals surface area contributed by atoms with Crippen LogP contribution in [0.5, 0.6) is 0 Å². The van der Waals surface area contributed by atoms with Crippen LogP contribution in [0.1, 0.15) is 37.8 Å². The Labute approximate surface area is 122 Å². The average molecular weight is 278 g/mol. The van der Waals surface area contributed by atoms with Crippen LogP contribution in [0.25, 0.3) is 0 Å². The van der Waals surface area contributed by atoms with Gasteiger partial charge in [0.15, 0.2) is 0 Å². The molecule has 0 aliphatic carbocycles. The van der Waals surface area contributed by atoms with Crippen molar-refractivity contribution in [2.75, 3.05) is 19.6 Å². The molecule has 0 bridgehead atoms. The molecular weight excluding hydrogens is 251 g/mol. The zero-order valence-electron chi connectivity index (χ0n) is 13.0. The maximum absolute atomic E-state index is 13.1. The van der Waals surface area contributed by atoms with E-state index in [1.807, 2.05) is 13.0 Å². The van der Waals surface area contributed by atoms with Crippen LogP contribution in [0.2, 0.25) is 0 Å². The number of aryl methyl sites for hydroxylation is 1. The molecule has 2 nitrogen and oxygen atoms in total. The molecule has 1 aliphatic rings. The van der Waals surface area contributed by atoms with Crippen LogP contribution in [-0.2, 0) is 6.54 Å². The summed E-state index contributed by atoms with van der Waals surface area (Å²) in [5.41, 5.74) is 2.32. The van der Waals surface area contributed by atoms with Gasteiger partial charge < -0.3 is 5.32 Å². The SMILES string of the molecule is CCNC(C)C1CCN(Cc2ccc(F)cc2C)CC1. The molecule has 2 rings (SSSR count). The van der Waals surface area contributed by atoms with Gasteiger partial charge in [0.2, 0.25) is 0 Å². The molecule has 0 aromatic heterocycles. The van der Waals surface area contributed by atoms with Gasteiger partial charge in [-0.05, 0) is 75.5 Å². The topological polar surface area (TPSA) is 15.3 Å². The summed E-state index contributed by atoms with van der Waals surface area (Å²) in [5, 5.41) is 3.53. The Balaban J connectivity index is 1.85. The van der Waals surface area contributed by atoms with Crippen LogP contribution < -0.4 is 5.32 Å². The van der Waals surface area contributed by atoms with E-state index in [-0.39, 0.29) is 5.82 Å². The van der Waals surface area contributed by atoms with Gasteiger partial charge in [-0.25, -0.2) is 4.39 Å². The number of benzene rings is 1. The van der Waals surface area contributed by atoms with Gasteiger partial charge in [-0.2, -0.15) is 0 Å². The first-order valence-corrected chi connectivity index (χ1v) is 7.81. The highest BCUT2D eigenvalue weighted by molar-refractivity contribution is 5.26. The molecule has 20 heavy (non-hydrogen) atoms. The number of hydrogen-bond donors (Lipinski definition) is 1. The first-order chi connectivity index (χ1) is 9.60. The van der Waals surface area contributed by atoms with Crippen molar-refractivity contribution in [2.45, 2.75) is 46.2 Å². The van der Waals surface area contributed by atoms with Gasteiger partial charge >= 0.3 is 0 Å². The maximum atomic E-state index is 13.1. The van der Waals surface area contributed by atoms with Crippen LogP contribution in [0.15, 0.2) is 18.2 Å². The third-order valence-electron chi connectivity index (χ3n) is 4.56. The van der Waals surface area contributed by atoms with Crippen LogP contribution in [0.3, 0.4) is 0 Å². The molecule has 0 saturated carbocycles. The molecular formula is C17H27FN2. The molecule has 1 heterocycles. The van der Waals surface area contributed by atoms with Gasteiger partial charge in [-0.1, -0.05) is 13.0 Å². The molecule has 1 aliphatic heterocycles. The second kappa shape index (κ2) is 7.19. The monoisotopic (exact) mass is 278 g/mol. The lowest BCUT2D eigenvalue weighted by Crippen LogP contribution is -2.41. The molecule has 0 spiro atoms. The normalized spacial score (nSPS) is 19.2. The Kier molecular flexibility index (Phi) is 5.55. The van der Waals surface area contributed by atoms with Gasteiger partial charge in [-0.3, -0.25) is 4.90 Å². The largest absolute Gasteiger partial charge is 0.314 e. The number of nitrogens with zero attached hydrogens (tertiary/aromatic N) is 1. The summed E-state index contributed by atoms with van der Waals surface area (Å²) < 4.78 is 13.1. The van der Waals surface area contributed by atoms with Crippen molar-refractivity contribution in [1.29, 1.82) is 0 Å². The van der Waals surface area contributed by atoms with Gasteiger partial charge in [-0.15, -0.1) is 0 Å². The van der Waals surface area contributed by atoms with Crippen molar-refractivity contribution in [2.24, 2.45) is 5.92 Å². The molecule has 1 aromatic carbocycles. The number of halogens is 1. The van der Waals surface area contributed by atoms with Crippen LogP contribution in [0, 0.1) is 18.7 Å². The van der Waals surface area contributed by atoms with E-state index in [4.69, 9.17) is 0 Å². The second-order valence-corrected chi connectivity index (χ2v) is 6.03. The summed E-state index contributed by atoms with van der Waals surface area (Å²) in [4.78, 5) is 2.50. The summed E-state index contributed by atoms with van der Waals surface area (Å²) in [6.07, 6.45) is 2.52. The summed E-state index contributed by atoms with van der Waals surface area (Å²) in [6.45, 7) is 10.8. The van der Waals surface area contributed by atoms with Crippen LogP contribution in [-0.4, -0.2) is 30.6 Å². The van der Waals surface area contributed by atoms with E-state index in [0.29, 0.717) is 6.04 Å². The van der Waals surface area contributed by atoms with E-state index < -0.39 is 0 Å². The molecule has 1 fully saturated rings. The van der Waals surface area contributed by atoms with E-state index in [0.717, 1.165) is 37.7 Å². The molecule has 1 saturated heterocycles. The third kappa shape index (κ3) is 4.03. The molecule has 1 aromatic rings. The molecule has 3 heteroatoms. The molecule has 0 radical (unpaired) electrons. The number of likely N-dealkylation sites (tertiary alicyclic amines) is 1. The van der Waals surface area contributed by atoms with Crippen molar-refractivity contribution < 1.29 is 4.39 Å². The fourth-order valence-electron chi connectivity index (χ4n) is 3.18. The van der Waals surface area contributed by atoms with E-state index in [1.165, 1.54) is 18.4 Å². The van der Waals surface area contributed by atoms with Crippen molar-refractivity contribution in [3.63, 3.8) is 0 Å². The highest BCUT2D eigenvalue weighted by atomic mass is 19.1. The lowest BCUT2D eigenvalue weighted by molar-refractivity contribution is 0.157. The highest BCUT2D eigenvalue weighted by Gasteiger charge is 2.23. The Morgan fingerprint density at radius 3 is 2.65 bits per heavy atom. The predicted octanol–water partition coefficient (Wildman–Crippen LogP) is 3.34.